The number of carbonyl (C=O) groups excluding carboxylic acids is 1. The zero-order valence-corrected chi connectivity index (χ0v) is 17.1. The summed E-state index contributed by atoms with van der Waals surface area (Å²) in [6.07, 6.45) is 7.22. The van der Waals surface area contributed by atoms with Gasteiger partial charge in [-0.15, -0.1) is 0 Å². The number of aryl methyl sites for hydroxylation is 3. The van der Waals surface area contributed by atoms with Gasteiger partial charge in [0, 0.05) is 44.6 Å². The Morgan fingerprint density at radius 1 is 1.34 bits per heavy atom. The first-order valence-corrected chi connectivity index (χ1v) is 10.1. The van der Waals surface area contributed by atoms with E-state index in [4.69, 9.17) is 4.52 Å². The second-order valence-electron chi connectivity index (χ2n) is 7.72. The molecule has 1 atom stereocenters. The summed E-state index contributed by atoms with van der Waals surface area (Å²) >= 11 is 0. The molecule has 8 nitrogen and oxygen atoms in total. The molecule has 1 aliphatic rings. The van der Waals surface area contributed by atoms with Gasteiger partial charge >= 0.3 is 0 Å². The smallest absolute Gasteiger partial charge is 0.259 e. The normalized spacial score (nSPS) is 16.9. The molecule has 1 unspecified atom stereocenters. The first-order chi connectivity index (χ1) is 14.0. The highest BCUT2D eigenvalue weighted by atomic mass is 16.5. The van der Waals surface area contributed by atoms with Gasteiger partial charge in [-0.1, -0.05) is 5.16 Å². The number of rotatable bonds is 5. The van der Waals surface area contributed by atoms with Crippen LogP contribution in [0.1, 0.15) is 46.8 Å². The van der Waals surface area contributed by atoms with Gasteiger partial charge in [0.25, 0.3) is 11.8 Å². The number of nitrogens with zero attached hydrogens (tertiary/aromatic N) is 6. The lowest BCUT2D eigenvalue weighted by atomic mass is 9.92. The van der Waals surface area contributed by atoms with E-state index in [1.807, 2.05) is 37.9 Å². The maximum Gasteiger partial charge on any atom is 0.259 e. The summed E-state index contributed by atoms with van der Waals surface area (Å²) in [5.41, 5.74) is 3.28. The molecule has 3 aromatic rings. The lowest BCUT2D eigenvalue weighted by molar-refractivity contribution is 0.0666. The van der Waals surface area contributed by atoms with Gasteiger partial charge in [0.1, 0.15) is 0 Å². The van der Waals surface area contributed by atoms with Crippen molar-refractivity contribution in [3.05, 3.63) is 47.3 Å². The molecule has 1 aliphatic heterocycles. The predicted octanol–water partition coefficient (Wildman–Crippen LogP) is 2.97. The van der Waals surface area contributed by atoms with Gasteiger partial charge in [-0.05, 0) is 51.2 Å². The third-order valence-electron chi connectivity index (χ3n) is 5.68. The Balaban J connectivity index is 1.37. The number of carbonyl (C=O) groups is 1. The Morgan fingerprint density at radius 2 is 2.21 bits per heavy atom. The molecule has 29 heavy (non-hydrogen) atoms. The van der Waals surface area contributed by atoms with Crippen LogP contribution in [0.2, 0.25) is 0 Å². The first kappa shape index (κ1) is 19.3. The fourth-order valence-electron chi connectivity index (χ4n) is 4.02. The van der Waals surface area contributed by atoms with Crippen LogP contribution in [0.15, 0.2) is 29.0 Å². The highest BCUT2D eigenvalue weighted by molar-refractivity contribution is 5.96. The van der Waals surface area contributed by atoms with Gasteiger partial charge in [-0.2, -0.15) is 10.1 Å². The van der Waals surface area contributed by atoms with Crippen molar-refractivity contribution in [2.24, 2.45) is 13.0 Å². The predicted molar refractivity (Wildman–Crippen MR) is 107 cm³/mol. The highest BCUT2D eigenvalue weighted by Crippen LogP contribution is 2.25. The summed E-state index contributed by atoms with van der Waals surface area (Å²) in [6, 6.07) is 3.75. The summed E-state index contributed by atoms with van der Waals surface area (Å²) in [5, 5.41) is 8.49. The quantitative estimate of drug-likeness (QED) is 0.661. The van der Waals surface area contributed by atoms with E-state index >= 15 is 0 Å². The van der Waals surface area contributed by atoms with Crippen molar-refractivity contribution in [3.8, 4) is 11.5 Å². The molecule has 1 fully saturated rings. The zero-order chi connectivity index (χ0) is 20.4. The van der Waals surface area contributed by atoms with Gasteiger partial charge < -0.3 is 9.42 Å². The van der Waals surface area contributed by atoms with Gasteiger partial charge in [0.05, 0.1) is 16.8 Å². The molecular formula is C21H26N6O2. The minimum atomic E-state index is 0.0937. The SMILES string of the molecule is Cc1nn(C)c(C)c1C(=O)N1CCCC(CCc2noc(-c3cccnc3)n2)C1. The van der Waals surface area contributed by atoms with Crippen molar-refractivity contribution in [1.29, 1.82) is 0 Å². The van der Waals surface area contributed by atoms with Crippen LogP contribution in [0.25, 0.3) is 11.5 Å². The second-order valence-corrected chi connectivity index (χ2v) is 7.72. The molecule has 0 radical (unpaired) electrons. The van der Waals surface area contributed by atoms with Gasteiger partial charge in [0.15, 0.2) is 5.82 Å². The molecular weight excluding hydrogens is 368 g/mol. The molecule has 8 heteroatoms. The lowest BCUT2D eigenvalue weighted by Gasteiger charge is -2.32. The van der Waals surface area contributed by atoms with Gasteiger partial charge in [0.2, 0.25) is 0 Å². The Labute approximate surface area is 169 Å². The minimum Gasteiger partial charge on any atom is -0.338 e. The molecule has 1 saturated heterocycles. The Hall–Kier alpha value is -3.03. The van der Waals surface area contributed by atoms with E-state index < -0.39 is 0 Å². The van der Waals surface area contributed by atoms with Crippen LogP contribution in [-0.2, 0) is 13.5 Å². The van der Waals surface area contributed by atoms with E-state index in [2.05, 4.69) is 20.2 Å². The third-order valence-corrected chi connectivity index (χ3v) is 5.68. The molecule has 1 amide bonds. The molecule has 0 aromatic carbocycles. The molecule has 152 valence electrons. The fraction of sp³-hybridized carbons (Fsp3) is 0.476. The van der Waals surface area contributed by atoms with E-state index in [0.717, 1.165) is 61.3 Å². The molecule has 0 aliphatic carbocycles. The summed E-state index contributed by atoms with van der Waals surface area (Å²) in [5.74, 6) is 1.73. The standard InChI is InChI=1S/C21H26N6O2/c1-14-19(15(2)26(3)24-14)21(28)27-11-5-6-16(13-27)8-9-18-23-20(29-25-18)17-7-4-10-22-12-17/h4,7,10,12,16H,5-6,8-9,11,13H2,1-3H3. The van der Waals surface area contributed by atoms with E-state index in [1.165, 1.54) is 0 Å². The number of piperidine rings is 1. The second kappa shape index (κ2) is 8.14. The zero-order valence-electron chi connectivity index (χ0n) is 17.1. The number of hydrogen-bond acceptors (Lipinski definition) is 6. The van der Waals surface area contributed by atoms with Crippen molar-refractivity contribution in [3.63, 3.8) is 0 Å². The average molecular weight is 394 g/mol. The average Bonchev–Trinajstić information content (AvgIpc) is 3.31. The van der Waals surface area contributed by atoms with Crippen molar-refractivity contribution >= 4 is 5.91 Å². The largest absolute Gasteiger partial charge is 0.338 e. The Kier molecular flexibility index (Phi) is 5.42. The molecule has 0 saturated carbocycles. The van der Waals surface area contributed by atoms with Crippen molar-refractivity contribution in [2.45, 2.75) is 39.5 Å². The number of likely N-dealkylation sites (tertiary alicyclic amines) is 1. The molecule has 4 rings (SSSR count). The molecule has 3 aromatic heterocycles. The summed E-state index contributed by atoms with van der Waals surface area (Å²) in [4.78, 5) is 23.6. The fourth-order valence-corrected chi connectivity index (χ4v) is 4.02. The monoisotopic (exact) mass is 394 g/mol. The minimum absolute atomic E-state index is 0.0937. The summed E-state index contributed by atoms with van der Waals surface area (Å²) in [6.45, 7) is 5.42. The van der Waals surface area contributed by atoms with Crippen molar-refractivity contribution in [1.82, 2.24) is 29.8 Å². The van der Waals surface area contributed by atoms with Crippen LogP contribution >= 0.6 is 0 Å². The van der Waals surface area contributed by atoms with Crippen LogP contribution in [0.3, 0.4) is 0 Å². The molecule has 4 heterocycles. The van der Waals surface area contributed by atoms with E-state index in [1.54, 1.807) is 17.1 Å². The lowest BCUT2D eigenvalue weighted by Crippen LogP contribution is -2.40. The van der Waals surface area contributed by atoms with Gasteiger partial charge in [-0.25, -0.2) is 0 Å². The number of hydrogen-bond donors (Lipinski definition) is 0. The Morgan fingerprint density at radius 3 is 2.93 bits per heavy atom. The van der Waals surface area contributed by atoms with E-state index in [-0.39, 0.29) is 5.91 Å². The first-order valence-electron chi connectivity index (χ1n) is 10.1. The van der Waals surface area contributed by atoms with Crippen LogP contribution in [0.5, 0.6) is 0 Å². The van der Waals surface area contributed by atoms with Crippen molar-refractivity contribution < 1.29 is 9.32 Å². The van der Waals surface area contributed by atoms with Crippen LogP contribution < -0.4 is 0 Å². The van der Waals surface area contributed by atoms with Crippen LogP contribution in [-0.4, -0.2) is 48.8 Å². The molecule has 0 bridgehead atoms. The summed E-state index contributed by atoms with van der Waals surface area (Å²) < 4.78 is 7.14. The maximum atomic E-state index is 13.1. The Bertz CT molecular complexity index is 994. The van der Waals surface area contributed by atoms with E-state index in [0.29, 0.717) is 17.6 Å². The maximum absolute atomic E-state index is 13.1. The number of amides is 1. The molecule has 0 spiro atoms. The highest BCUT2D eigenvalue weighted by Gasteiger charge is 2.28. The number of pyridine rings is 1. The third kappa shape index (κ3) is 4.06. The van der Waals surface area contributed by atoms with E-state index in [9.17, 15) is 4.79 Å². The van der Waals surface area contributed by atoms with Crippen molar-refractivity contribution in [2.75, 3.05) is 13.1 Å². The topological polar surface area (TPSA) is 89.9 Å². The van der Waals surface area contributed by atoms with Gasteiger partial charge in [-0.3, -0.25) is 14.5 Å². The number of aromatic nitrogens is 5. The van der Waals surface area contributed by atoms with Crippen LogP contribution in [0, 0.1) is 19.8 Å². The molecule has 0 N–H and O–H groups in total. The summed E-state index contributed by atoms with van der Waals surface area (Å²) in [7, 11) is 1.88. The van der Waals surface area contributed by atoms with Crippen LogP contribution in [0.4, 0.5) is 0 Å².